The van der Waals surface area contributed by atoms with Crippen LogP contribution in [0.3, 0.4) is 0 Å². The summed E-state index contributed by atoms with van der Waals surface area (Å²) < 4.78 is 0. The van der Waals surface area contributed by atoms with Crippen LogP contribution in [0.2, 0.25) is 0 Å². The molecular formula is C12H14N2O4. The van der Waals surface area contributed by atoms with Crippen molar-refractivity contribution in [1.29, 1.82) is 0 Å². The Kier molecular flexibility index (Phi) is 3.47. The summed E-state index contributed by atoms with van der Waals surface area (Å²) in [6, 6.07) is 7.05. The highest BCUT2D eigenvalue weighted by molar-refractivity contribution is 6.02. The van der Waals surface area contributed by atoms with Crippen LogP contribution in [-0.2, 0) is 9.59 Å². The molecule has 0 aliphatic carbocycles. The van der Waals surface area contributed by atoms with Gasteiger partial charge in [-0.1, -0.05) is 17.7 Å². The molecule has 2 rings (SSSR count). The first-order valence-electron chi connectivity index (χ1n) is 5.57. The zero-order chi connectivity index (χ0) is 13.1. The van der Waals surface area contributed by atoms with E-state index in [4.69, 9.17) is 4.84 Å². The van der Waals surface area contributed by atoms with Gasteiger partial charge in [-0.3, -0.25) is 9.59 Å². The van der Waals surface area contributed by atoms with Gasteiger partial charge in [-0.15, -0.1) is 0 Å². The van der Waals surface area contributed by atoms with E-state index in [1.165, 1.54) is 0 Å². The summed E-state index contributed by atoms with van der Waals surface area (Å²) in [5, 5.41) is 11.9. The van der Waals surface area contributed by atoms with Crippen molar-refractivity contribution in [2.24, 2.45) is 5.92 Å². The van der Waals surface area contributed by atoms with E-state index in [9.17, 15) is 14.7 Å². The summed E-state index contributed by atoms with van der Waals surface area (Å²) in [5.41, 5.74) is 3.23. The first kappa shape index (κ1) is 12.4. The Morgan fingerprint density at radius 1 is 1.44 bits per heavy atom. The van der Waals surface area contributed by atoms with E-state index < -0.39 is 23.8 Å². The number of aliphatic hydroxyl groups excluding tert-OH is 1. The van der Waals surface area contributed by atoms with Crippen molar-refractivity contribution in [2.45, 2.75) is 13.0 Å². The molecule has 6 nitrogen and oxygen atoms in total. The number of rotatable bonds is 3. The van der Waals surface area contributed by atoms with Crippen LogP contribution < -0.4 is 15.6 Å². The molecule has 0 spiro atoms. The Balaban J connectivity index is 1.92. The van der Waals surface area contributed by atoms with Gasteiger partial charge in [-0.25, -0.2) is 0 Å². The number of aliphatic hydroxyl groups is 1. The number of hydrogen-bond donors (Lipinski definition) is 3. The van der Waals surface area contributed by atoms with Gasteiger partial charge in [-0.05, 0) is 19.1 Å². The van der Waals surface area contributed by atoms with Gasteiger partial charge in [0.15, 0.2) is 5.75 Å². The molecule has 1 aromatic carbocycles. The van der Waals surface area contributed by atoms with Gasteiger partial charge in [0.25, 0.3) is 5.91 Å². The van der Waals surface area contributed by atoms with Gasteiger partial charge in [0.2, 0.25) is 5.91 Å². The molecule has 1 fully saturated rings. The van der Waals surface area contributed by atoms with E-state index in [2.05, 4.69) is 10.8 Å². The summed E-state index contributed by atoms with van der Waals surface area (Å²) >= 11 is 0. The van der Waals surface area contributed by atoms with Crippen molar-refractivity contribution in [3.63, 3.8) is 0 Å². The number of nitrogens with one attached hydrogen (secondary N) is 2. The van der Waals surface area contributed by atoms with Crippen LogP contribution in [-0.4, -0.2) is 29.6 Å². The quantitative estimate of drug-likeness (QED) is 0.499. The molecule has 0 saturated carbocycles. The number of carbonyl (C=O) groups is 2. The second-order valence-electron chi connectivity index (χ2n) is 4.17. The molecule has 1 aliphatic rings. The van der Waals surface area contributed by atoms with Crippen LogP contribution in [0, 0.1) is 12.8 Å². The molecule has 0 aromatic heterocycles. The number of hydroxylamine groups is 1. The Labute approximate surface area is 104 Å². The van der Waals surface area contributed by atoms with Gasteiger partial charge >= 0.3 is 0 Å². The molecule has 1 aromatic rings. The van der Waals surface area contributed by atoms with Crippen molar-refractivity contribution < 1.29 is 19.5 Å². The second-order valence-corrected chi connectivity index (χ2v) is 4.17. The van der Waals surface area contributed by atoms with Crippen LogP contribution >= 0.6 is 0 Å². The molecule has 96 valence electrons. The smallest absolute Gasteiger partial charge is 0.267 e. The third kappa shape index (κ3) is 2.60. The summed E-state index contributed by atoms with van der Waals surface area (Å²) in [6.45, 7) is 2.02. The lowest BCUT2D eigenvalue weighted by molar-refractivity contribution is -0.140. The molecule has 2 amide bonds. The lowest BCUT2D eigenvalue weighted by atomic mass is 10.1. The topological polar surface area (TPSA) is 87.7 Å². The molecule has 1 heterocycles. The molecule has 0 radical (unpaired) electrons. The fourth-order valence-electron chi connectivity index (χ4n) is 1.68. The van der Waals surface area contributed by atoms with Crippen molar-refractivity contribution in [1.82, 2.24) is 10.8 Å². The standard InChI is InChI=1S/C12H14N2O4/c1-7-2-4-8(5-3-7)18-14-12(17)10-9(15)6-13-11(10)16/h2-5,9-10,15H,6H2,1H3,(H,13,16)(H,14,17). The Morgan fingerprint density at radius 3 is 2.67 bits per heavy atom. The van der Waals surface area contributed by atoms with Crippen molar-refractivity contribution >= 4 is 11.8 Å². The van der Waals surface area contributed by atoms with E-state index in [0.717, 1.165) is 5.56 Å². The van der Waals surface area contributed by atoms with Crippen LogP contribution in [0.5, 0.6) is 5.75 Å². The van der Waals surface area contributed by atoms with Gasteiger partial charge in [0.05, 0.1) is 6.10 Å². The number of hydrogen-bond acceptors (Lipinski definition) is 4. The molecule has 0 bridgehead atoms. The molecule has 1 aliphatic heterocycles. The van der Waals surface area contributed by atoms with Crippen LogP contribution in [0.15, 0.2) is 24.3 Å². The van der Waals surface area contributed by atoms with Gasteiger partial charge in [-0.2, -0.15) is 5.48 Å². The largest absolute Gasteiger partial charge is 0.390 e. The summed E-state index contributed by atoms with van der Waals surface area (Å²) in [6.07, 6.45) is -1.01. The second kappa shape index (κ2) is 5.05. The molecule has 6 heteroatoms. The van der Waals surface area contributed by atoms with Crippen molar-refractivity contribution in [2.75, 3.05) is 6.54 Å². The van der Waals surface area contributed by atoms with E-state index in [0.29, 0.717) is 5.75 Å². The molecule has 2 unspecified atom stereocenters. The van der Waals surface area contributed by atoms with Gasteiger partial charge in [0, 0.05) is 6.54 Å². The molecule has 18 heavy (non-hydrogen) atoms. The summed E-state index contributed by atoms with van der Waals surface area (Å²) in [4.78, 5) is 28.0. The molecule has 3 N–H and O–H groups in total. The summed E-state index contributed by atoms with van der Waals surface area (Å²) in [7, 11) is 0. The average molecular weight is 250 g/mol. The molecular weight excluding hydrogens is 236 g/mol. The Morgan fingerprint density at radius 2 is 2.11 bits per heavy atom. The highest BCUT2D eigenvalue weighted by Gasteiger charge is 2.39. The third-order valence-electron chi connectivity index (χ3n) is 2.73. The zero-order valence-electron chi connectivity index (χ0n) is 9.84. The molecule has 1 saturated heterocycles. The molecule has 2 atom stereocenters. The SMILES string of the molecule is Cc1ccc(ONC(=O)C2C(=O)NCC2O)cc1. The maximum atomic E-state index is 11.6. The van der Waals surface area contributed by atoms with Crippen LogP contribution in [0.4, 0.5) is 0 Å². The minimum Gasteiger partial charge on any atom is -0.390 e. The first-order valence-corrected chi connectivity index (χ1v) is 5.57. The number of carbonyl (C=O) groups excluding carboxylic acids is 2. The highest BCUT2D eigenvalue weighted by Crippen LogP contribution is 2.13. The Hall–Kier alpha value is -2.08. The number of aryl methyl sites for hydroxylation is 1. The fraction of sp³-hybridized carbons (Fsp3) is 0.333. The minimum absolute atomic E-state index is 0.0848. The lowest BCUT2D eigenvalue weighted by Gasteiger charge is -2.12. The van der Waals surface area contributed by atoms with E-state index >= 15 is 0 Å². The monoisotopic (exact) mass is 250 g/mol. The average Bonchev–Trinajstić information content (AvgIpc) is 2.68. The normalized spacial score (nSPS) is 22.4. The minimum atomic E-state index is -1.12. The Bertz CT molecular complexity index is 458. The number of β-amino-alcohol motifs (C(OH)–C–C–N with tert-alkyl or cyclic N) is 1. The van der Waals surface area contributed by atoms with Crippen molar-refractivity contribution in [3.8, 4) is 5.75 Å². The van der Waals surface area contributed by atoms with Crippen LogP contribution in [0.1, 0.15) is 5.56 Å². The fourth-order valence-corrected chi connectivity index (χ4v) is 1.68. The van der Waals surface area contributed by atoms with Crippen molar-refractivity contribution in [3.05, 3.63) is 29.8 Å². The van der Waals surface area contributed by atoms with E-state index in [-0.39, 0.29) is 6.54 Å². The maximum absolute atomic E-state index is 11.6. The van der Waals surface area contributed by atoms with E-state index in [1.54, 1.807) is 12.1 Å². The first-order chi connectivity index (χ1) is 8.58. The van der Waals surface area contributed by atoms with E-state index in [1.807, 2.05) is 19.1 Å². The van der Waals surface area contributed by atoms with Gasteiger partial charge in [0.1, 0.15) is 5.92 Å². The van der Waals surface area contributed by atoms with Crippen LogP contribution in [0.25, 0.3) is 0 Å². The third-order valence-corrected chi connectivity index (χ3v) is 2.73. The number of amides is 2. The van der Waals surface area contributed by atoms with Gasteiger partial charge < -0.3 is 15.3 Å². The lowest BCUT2D eigenvalue weighted by Crippen LogP contribution is -2.40. The number of benzene rings is 1. The predicted octanol–water partition coefficient (Wildman–Crippen LogP) is -0.488. The highest BCUT2D eigenvalue weighted by atomic mass is 16.7. The predicted molar refractivity (Wildman–Crippen MR) is 62.5 cm³/mol. The zero-order valence-corrected chi connectivity index (χ0v) is 9.84. The maximum Gasteiger partial charge on any atom is 0.267 e. The summed E-state index contributed by atoms with van der Waals surface area (Å²) in [5.74, 6) is -1.80.